The lowest BCUT2D eigenvalue weighted by Crippen LogP contribution is -1.51. The predicted molar refractivity (Wildman–Crippen MR) is 33.6 cm³/mol. The van der Waals surface area contributed by atoms with Gasteiger partial charge in [0.05, 0.1) is 0 Å². The van der Waals surface area contributed by atoms with Gasteiger partial charge in [-0.25, -0.2) is 0 Å². The fraction of sp³-hybridized carbons (Fsp3) is 0.125. The van der Waals surface area contributed by atoms with E-state index in [0.29, 0.717) is 5.92 Å². The molecule has 0 atom stereocenters. The summed E-state index contributed by atoms with van der Waals surface area (Å²) < 4.78 is 0. The molecule has 1 aliphatic rings. The second-order valence-electron chi connectivity index (χ2n) is 2.18. The van der Waals surface area contributed by atoms with Crippen LogP contribution in [0, 0.1) is 6.92 Å². The summed E-state index contributed by atoms with van der Waals surface area (Å²) in [5.41, 5.74) is 2.85. The van der Waals surface area contributed by atoms with E-state index in [4.69, 9.17) is 0 Å². The van der Waals surface area contributed by atoms with Gasteiger partial charge in [0, 0.05) is 5.92 Å². The number of rotatable bonds is 0. The van der Waals surface area contributed by atoms with Gasteiger partial charge in [0.1, 0.15) is 0 Å². The minimum Gasteiger partial charge on any atom is -0.0620 e. The van der Waals surface area contributed by atoms with Gasteiger partial charge in [-0.3, -0.25) is 0 Å². The van der Waals surface area contributed by atoms with Crippen molar-refractivity contribution in [3.63, 3.8) is 0 Å². The van der Waals surface area contributed by atoms with Crippen LogP contribution in [-0.2, 0) is 0 Å². The fourth-order valence-electron chi connectivity index (χ4n) is 1.05. The number of hydrogen-bond acceptors (Lipinski definition) is 0. The van der Waals surface area contributed by atoms with Crippen molar-refractivity contribution in [2.75, 3.05) is 0 Å². The largest absolute Gasteiger partial charge is 0.0620 e. The molecule has 0 N–H and O–H groups in total. The Morgan fingerprint density at radius 1 is 1.12 bits per heavy atom. The number of fused-ring (bicyclic) bond motifs is 1. The summed E-state index contributed by atoms with van der Waals surface area (Å²) >= 11 is 0. The van der Waals surface area contributed by atoms with Crippen LogP contribution in [0.15, 0.2) is 24.3 Å². The molecule has 39 valence electrons. The zero-order valence-electron chi connectivity index (χ0n) is 4.59. The Balaban J connectivity index is 2.58. The minimum atomic E-state index is 0.519. The van der Waals surface area contributed by atoms with Crippen LogP contribution in [-0.4, -0.2) is 0 Å². The van der Waals surface area contributed by atoms with Crippen molar-refractivity contribution in [3.8, 4) is 0 Å². The highest BCUT2D eigenvalue weighted by Gasteiger charge is 2.25. The third kappa shape index (κ3) is 0.353. The van der Waals surface area contributed by atoms with E-state index in [0.717, 1.165) is 0 Å². The molecule has 1 radical (unpaired) electrons. The van der Waals surface area contributed by atoms with E-state index in [1.54, 1.807) is 0 Å². The molecule has 0 aromatic heterocycles. The molecule has 0 nitrogen and oxygen atoms in total. The summed E-state index contributed by atoms with van der Waals surface area (Å²) in [6.07, 6.45) is 0. The van der Waals surface area contributed by atoms with Crippen molar-refractivity contribution in [1.82, 2.24) is 0 Å². The van der Waals surface area contributed by atoms with Gasteiger partial charge in [-0.15, -0.1) is 0 Å². The Bertz CT molecular complexity index is 190. The topological polar surface area (TPSA) is 0 Å². The molecule has 0 heteroatoms. The molecule has 0 unspecified atom stereocenters. The van der Waals surface area contributed by atoms with Gasteiger partial charge < -0.3 is 0 Å². The highest BCUT2D eigenvalue weighted by Crippen LogP contribution is 2.41. The van der Waals surface area contributed by atoms with Gasteiger partial charge in [0.15, 0.2) is 0 Å². The van der Waals surface area contributed by atoms with Gasteiger partial charge >= 0.3 is 0 Å². The molecule has 0 saturated heterocycles. The Morgan fingerprint density at radius 3 is 2.00 bits per heavy atom. The maximum Gasteiger partial charge on any atom is 0.00955 e. The lowest BCUT2D eigenvalue weighted by molar-refractivity contribution is 1.31. The van der Waals surface area contributed by atoms with E-state index >= 15 is 0 Å². The maximum atomic E-state index is 3.92. The van der Waals surface area contributed by atoms with Crippen LogP contribution in [0.5, 0.6) is 0 Å². The zero-order valence-corrected chi connectivity index (χ0v) is 4.59. The maximum absolute atomic E-state index is 3.92. The zero-order chi connectivity index (χ0) is 5.56. The van der Waals surface area contributed by atoms with Crippen molar-refractivity contribution >= 4 is 0 Å². The summed E-state index contributed by atoms with van der Waals surface area (Å²) in [6.45, 7) is 3.92. The minimum absolute atomic E-state index is 0.519. The van der Waals surface area contributed by atoms with Crippen LogP contribution >= 0.6 is 0 Å². The first-order valence-corrected chi connectivity index (χ1v) is 2.81. The van der Waals surface area contributed by atoms with E-state index in [1.807, 2.05) is 0 Å². The number of benzene rings is 1. The Morgan fingerprint density at radius 2 is 1.62 bits per heavy atom. The van der Waals surface area contributed by atoms with Crippen molar-refractivity contribution in [3.05, 3.63) is 42.3 Å². The van der Waals surface area contributed by atoms with Gasteiger partial charge in [0.2, 0.25) is 0 Å². The second-order valence-corrected chi connectivity index (χ2v) is 2.18. The molecule has 0 aliphatic heterocycles. The summed E-state index contributed by atoms with van der Waals surface area (Å²) in [6, 6.07) is 8.38. The molecule has 2 rings (SSSR count). The molecular weight excluding hydrogens is 96.1 g/mol. The van der Waals surface area contributed by atoms with Crippen LogP contribution in [0.4, 0.5) is 0 Å². The normalized spacial score (nSPS) is 15.6. The van der Waals surface area contributed by atoms with Crippen molar-refractivity contribution < 1.29 is 0 Å². The predicted octanol–water partition coefficient (Wildman–Crippen LogP) is 1.97. The quantitative estimate of drug-likeness (QED) is 0.471. The third-order valence-electron chi connectivity index (χ3n) is 1.66. The van der Waals surface area contributed by atoms with Gasteiger partial charge in [-0.05, 0) is 18.1 Å². The van der Waals surface area contributed by atoms with E-state index in [-0.39, 0.29) is 0 Å². The number of hydrogen-bond donors (Lipinski definition) is 0. The molecular formula is C8H7. The highest BCUT2D eigenvalue weighted by molar-refractivity contribution is 5.52. The first kappa shape index (κ1) is 4.13. The van der Waals surface area contributed by atoms with Gasteiger partial charge in [-0.1, -0.05) is 24.3 Å². The summed E-state index contributed by atoms with van der Waals surface area (Å²) in [5, 5.41) is 0. The summed E-state index contributed by atoms with van der Waals surface area (Å²) in [7, 11) is 0. The average Bonchev–Trinajstić information content (AvgIpc) is 2.46. The molecule has 0 spiro atoms. The van der Waals surface area contributed by atoms with Crippen LogP contribution < -0.4 is 0 Å². The van der Waals surface area contributed by atoms with Crippen LogP contribution in [0.25, 0.3) is 0 Å². The molecule has 8 heavy (non-hydrogen) atoms. The highest BCUT2D eigenvalue weighted by atomic mass is 14.3. The van der Waals surface area contributed by atoms with Gasteiger partial charge in [-0.2, -0.15) is 0 Å². The van der Waals surface area contributed by atoms with Crippen LogP contribution in [0.2, 0.25) is 0 Å². The molecule has 0 heterocycles. The lowest BCUT2D eigenvalue weighted by Gasteiger charge is -1.68. The molecule has 1 aromatic carbocycles. The summed E-state index contributed by atoms with van der Waals surface area (Å²) in [4.78, 5) is 0. The average molecular weight is 103 g/mol. The van der Waals surface area contributed by atoms with Crippen molar-refractivity contribution in [1.29, 1.82) is 0 Å². The smallest absolute Gasteiger partial charge is 0.00955 e. The summed E-state index contributed by atoms with van der Waals surface area (Å²) in [5.74, 6) is 0.519. The molecule has 0 fully saturated rings. The van der Waals surface area contributed by atoms with E-state index in [2.05, 4.69) is 31.2 Å². The SMILES string of the molecule is [CH2]C1c2ccccc21. The lowest BCUT2D eigenvalue weighted by atomic mass is 10.4. The monoisotopic (exact) mass is 103 g/mol. The first-order chi connectivity index (χ1) is 3.89. The molecule has 1 aromatic rings. The van der Waals surface area contributed by atoms with Gasteiger partial charge in [0.25, 0.3) is 0 Å². The fourth-order valence-corrected chi connectivity index (χ4v) is 1.05. The molecule has 0 amide bonds. The Labute approximate surface area is 49.2 Å². The second kappa shape index (κ2) is 1.13. The first-order valence-electron chi connectivity index (χ1n) is 2.81. The third-order valence-corrected chi connectivity index (χ3v) is 1.66. The standard InChI is InChI=1S/C8H7/c1-6-7-4-2-3-5-8(6)7/h2-6H,1H2. The van der Waals surface area contributed by atoms with Crippen LogP contribution in [0.3, 0.4) is 0 Å². The van der Waals surface area contributed by atoms with E-state index in [1.165, 1.54) is 11.1 Å². The Kier molecular flexibility index (Phi) is 0.587. The van der Waals surface area contributed by atoms with Crippen LogP contribution in [0.1, 0.15) is 17.0 Å². The van der Waals surface area contributed by atoms with E-state index in [9.17, 15) is 0 Å². The molecule has 0 bridgehead atoms. The molecule has 0 saturated carbocycles. The Hall–Kier alpha value is -0.780. The van der Waals surface area contributed by atoms with Crippen molar-refractivity contribution in [2.45, 2.75) is 5.92 Å². The molecule has 1 aliphatic carbocycles. The van der Waals surface area contributed by atoms with Crippen molar-refractivity contribution in [2.24, 2.45) is 0 Å². The van der Waals surface area contributed by atoms with E-state index < -0.39 is 0 Å².